The molecule has 0 saturated heterocycles. The summed E-state index contributed by atoms with van der Waals surface area (Å²) in [6.07, 6.45) is 4.42. The smallest absolute Gasteiger partial charge is 0.240 e. The number of anilines is 1. The average molecular weight is 599 g/mol. The molecule has 0 aliphatic heterocycles. The molecule has 2 aromatic heterocycles. The number of pyridine rings is 1. The molecule has 8 nitrogen and oxygen atoms in total. The normalized spacial score (nSPS) is 11.9. The van der Waals surface area contributed by atoms with Crippen LogP contribution in [-0.2, 0) is 15.6 Å². The lowest BCUT2D eigenvalue weighted by atomic mass is 10.0. The first-order valence-electron chi connectivity index (χ1n) is 12.3. The molecule has 0 saturated carbocycles. The second kappa shape index (κ2) is 11.7. The number of halogens is 1. The van der Waals surface area contributed by atoms with E-state index >= 15 is 0 Å². The number of hydrogen-bond acceptors (Lipinski definition) is 6. The third-order valence-electron chi connectivity index (χ3n) is 5.89. The Morgan fingerprint density at radius 1 is 1.00 bits per heavy atom. The lowest BCUT2D eigenvalue weighted by Crippen LogP contribution is -2.26. The summed E-state index contributed by atoms with van der Waals surface area (Å²) in [5.41, 5.74) is 3.60. The standard InChI is InChI=1S/C28H32BrN5O3S/c1-28(2,3)34-19-25(27(33-34)21-7-5-8-23(17-21)37-4)20-13-16-31-26(18-20)30-14-6-15-32-38(35,36)24-11-9-22(29)10-12-24/h5,7-13,16-19,32H,6,14-15H2,1-4H3,(H,30,31). The SMILES string of the molecule is COc1cccc(-c2nn(C(C)(C)C)cc2-c2ccnc(NCCCNS(=O)(=O)c3ccc(Br)cc3)c2)c1. The van der Waals surface area contributed by atoms with Gasteiger partial charge >= 0.3 is 0 Å². The van der Waals surface area contributed by atoms with Crippen LogP contribution in [-0.4, -0.2) is 43.4 Å². The van der Waals surface area contributed by atoms with E-state index in [4.69, 9.17) is 9.84 Å². The van der Waals surface area contributed by atoms with E-state index < -0.39 is 10.0 Å². The van der Waals surface area contributed by atoms with Gasteiger partial charge in [0.1, 0.15) is 17.3 Å². The predicted molar refractivity (Wildman–Crippen MR) is 155 cm³/mol. The van der Waals surface area contributed by atoms with Crippen LogP contribution < -0.4 is 14.8 Å². The minimum Gasteiger partial charge on any atom is -0.497 e. The van der Waals surface area contributed by atoms with Crippen molar-refractivity contribution in [2.75, 3.05) is 25.5 Å². The highest BCUT2D eigenvalue weighted by atomic mass is 79.9. The van der Waals surface area contributed by atoms with Gasteiger partial charge in [-0.2, -0.15) is 5.10 Å². The minimum absolute atomic E-state index is 0.191. The molecular formula is C28H32BrN5O3S. The molecule has 2 N–H and O–H groups in total. The summed E-state index contributed by atoms with van der Waals surface area (Å²) in [6.45, 7) is 7.21. The van der Waals surface area contributed by atoms with E-state index in [0.717, 1.165) is 32.6 Å². The number of hydrogen-bond donors (Lipinski definition) is 2. The maximum absolute atomic E-state index is 12.5. The van der Waals surface area contributed by atoms with Crippen molar-refractivity contribution >= 4 is 31.8 Å². The van der Waals surface area contributed by atoms with E-state index in [2.05, 4.69) is 57.9 Å². The molecule has 10 heteroatoms. The first-order chi connectivity index (χ1) is 18.1. The number of nitrogens with zero attached hydrogens (tertiary/aromatic N) is 3. The quantitative estimate of drug-likeness (QED) is 0.220. The molecule has 0 radical (unpaired) electrons. The molecule has 4 rings (SSSR count). The summed E-state index contributed by atoms with van der Waals surface area (Å²) < 4.78 is 35.8. The number of rotatable bonds is 10. The number of benzene rings is 2. The van der Waals surface area contributed by atoms with E-state index in [1.54, 1.807) is 37.6 Å². The molecule has 0 fully saturated rings. The van der Waals surface area contributed by atoms with Gasteiger partial charge in [0.05, 0.1) is 17.5 Å². The van der Waals surface area contributed by atoms with Crippen LogP contribution in [0.15, 0.2) is 82.4 Å². The molecule has 0 bridgehead atoms. The second-order valence-electron chi connectivity index (χ2n) is 9.80. The van der Waals surface area contributed by atoms with Crippen molar-refractivity contribution < 1.29 is 13.2 Å². The Hall–Kier alpha value is -3.21. The zero-order valence-corrected chi connectivity index (χ0v) is 24.3. The van der Waals surface area contributed by atoms with Gasteiger partial charge in [0, 0.05) is 41.1 Å². The van der Waals surface area contributed by atoms with Gasteiger partial charge in [-0.1, -0.05) is 28.1 Å². The summed E-state index contributed by atoms with van der Waals surface area (Å²) >= 11 is 3.32. The summed E-state index contributed by atoms with van der Waals surface area (Å²) in [5, 5.41) is 8.23. The van der Waals surface area contributed by atoms with Crippen molar-refractivity contribution in [3.63, 3.8) is 0 Å². The first-order valence-corrected chi connectivity index (χ1v) is 14.5. The lowest BCUT2D eigenvalue weighted by Gasteiger charge is -2.18. The van der Waals surface area contributed by atoms with Gasteiger partial charge in [0.15, 0.2) is 0 Å². The molecule has 0 spiro atoms. The summed E-state index contributed by atoms with van der Waals surface area (Å²) in [5.74, 6) is 1.48. The summed E-state index contributed by atoms with van der Waals surface area (Å²) in [7, 11) is -1.89. The highest BCUT2D eigenvalue weighted by Gasteiger charge is 2.21. The van der Waals surface area contributed by atoms with Crippen molar-refractivity contribution in [1.82, 2.24) is 19.5 Å². The zero-order valence-electron chi connectivity index (χ0n) is 21.9. The van der Waals surface area contributed by atoms with Crippen molar-refractivity contribution in [3.8, 4) is 28.1 Å². The molecule has 200 valence electrons. The Bertz CT molecular complexity index is 1500. The highest BCUT2D eigenvalue weighted by molar-refractivity contribution is 9.10. The molecule has 38 heavy (non-hydrogen) atoms. The van der Waals surface area contributed by atoms with E-state index in [1.807, 2.05) is 41.1 Å². The number of sulfonamides is 1. The van der Waals surface area contributed by atoms with Crippen molar-refractivity contribution in [1.29, 1.82) is 0 Å². The maximum Gasteiger partial charge on any atom is 0.240 e. The molecule has 4 aromatic rings. The molecule has 0 amide bonds. The Balaban J connectivity index is 1.46. The minimum atomic E-state index is -3.54. The Morgan fingerprint density at radius 3 is 2.47 bits per heavy atom. The maximum atomic E-state index is 12.5. The zero-order chi connectivity index (χ0) is 27.3. The fourth-order valence-electron chi connectivity index (χ4n) is 3.82. The number of methoxy groups -OCH3 is 1. The lowest BCUT2D eigenvalue weighted by molar-refractivity contribution is 0.356. The van der Waals surface area contributed by atoms with E-state index in [1.165, 1.54) is 0 Å². The molecule has 0 aliphatic carbocycles. The second-order valence-corrected chi connectivity index (χ2v) is 12.5. The molecule has 0 unspecified atom stereocenters. The van der Waals surface area contributed by atoms with Crippen LogP contribution in [0.5, 0.6) is 5.75 Å². The van der Waals surface area contributed by atoms with Crippen LogP contribution >= 0.6 is 15.9 Å². The Morgan fingerprint density at radius 2 is 1.76 bits per heavy atom. The summed E-state index contributed by atoms with van der Waals surface area (Å²) in [6, 6.07) is 18.4. The van der Waals surface area contributed by atoms with E-state index in [0.29, 0.717) is 25.3 Å². The van der Waals surface area contributed by atoms with Crippen LogP contribution in [0.25, 0.3) is 22.4 Å². The van der Waals surface area contributed by atoms with Gasteiger partial charge in [0.2, 0.25) is 10.0 Å². The van der Waals surface area contributed by atoms with Gasteiger partial charge in [0.25, 0.3) is 0 Å². The predicted octanol–water partition coefficient (Wildman–Crippen LogP) is 5.92. The number of nitrogens with one attached hydrogen (secondary N) is 2. The molecule has 0 aliphatic rings. The van der Waals surface area contributed by atoms with Gasteiger partial charge in [-0.05, 0) is 81.3 Å². The molecule has 0 atom stereocenters. The number of aromatic nitrogens is 3. The highest BCUT2D eigenvalue weighted by Crippen LogP contribution is 2.35. The molecule has 2 aromatic carbocycles. The third-order valence-corrected chi connectivity index (χ3v) is 7.90. The largest absolute Gasteiger partial charge is 0.497 e. The van der Waals surface area contributed by atoms with Crippen LogP contribution in [0.1, 0.15) is 27.2 Å². The van der Waals surface area contributed by atoms with Crippen LogP contribution in [0.4, 0.5) is 5.82 Å². The Kier molecular flexibility index (Phi) is 8.54. The summed E-state index contributed by atoms with van der Waals surface area (Å²) in [4.78, 5) is 4.69. The van der Waals surface area contributed by atoms with Gasteiger partial charge in [-0.25, -0.2) is 18.1 Å². The average Bonchev–Trinajstić information content (AvgIpc) is 3.35. The van der Waals surface area contributed by atoms with E-state index in [-0.39, 0.29) is 10.4 Å². The fourth-order valence-corrected chi connectivity index (χ4v) is 5.15. The van der Waals surface area contributed by atoms with Crippen molar-refractivity contribution in [2.24, 2.45) is 0 Å². The van der Waals surface area contributed by atoms with E-state index in [9.17, 15) is 8.42 Å². The van der Waals surface area contributed by atoms with Crippen LogP contribution in [0, 0.1) is 0 Å². The van der Waals surface area contributed by atoms with Gasteiger partial charge in [-0.15, -0.1) is 0 Å². The Labute approximate surface area is 232 Å². The molecule has 2 heterocycles. The van der Waals surface area contributed by atoms with Crippen LogP contribution in [0.2, 0.25) is 0 Å². The van der Waals surface area contributed by atoms with Gasteiger partial charge < -0.3 is 10.1 Å². The van der Waals surface area contributed by atoms with Gasteiger partial charge in [-0.3, -0.25) is 4.68 Å². The first kappa shape index (κ1) is 27.8. The number of ether oxygens (including phenoxy) is 1. The van der Waals surface area contributed by atoms with Crippen molar-refractivity contribution in [2.45, 2.75) is 37.6 Å². The monoisotopic (exact) mass is 597 g/mol. The third kappa shape index (κ3) is 6.80. The van der Waals surface area contributed by atoms with Crippen molar-refractivity contribution in [3.05, 3.63) is 77.5 Å². The van der Waals surface area contributed by atoms with Crippen LogP contribution in [0.3, 0.4) is 0 Å². The topological polar surface area (TPSA) is 98.1 Å². The molecular weight excluding hydrogens is 566 g/mol. The fraction of sp³-hybridized carbons (Fsp3) is 0.286.